The molecule has 10 nitrogen and oxygen atoms in total. The van der Waals surface area contributed by atoms with Crippen molar-refractivity contribution in [1.29, 1.82) is 5.26 Å². The molecule has 0 radical (unpaired) electrons. The van der Waals surface area contributed by atoms with Gasteiger partial charge < -0.3 is 19.7 Å². The topological polar surface area (TPSA) is 139 Å². The van der Waals surface area contributed by atoms with Crippen LogP contribution in [0.1, 0.15) is 12.6 Å². The molecule has 0 spiro atoms. The van der Waals surface area contributed by atoms with Crippen LogP contribution < -0.4 is 0 Å². The second-order valence-electron chi connectivity index (χ2n) is 6.88. The molecule has 0 saturated carbocycles. The lowest BCUT2D eigenvalue weighted by Crippen LogP contribution is -2.40. The van der Waals surface area contributed by atoms with Crippen LogP contribution in [0.2, 0.25) is 9.49 Å². The Kier molecular flexibility index (Phi) is 10.1. The van der Waals surface area contributed by atoms with Crippen LogP contribution in [0.4, 0.5) is 0 Å². The van der Waals surface area contributed by atoms with Gasteiger partial charge in [-0.05, 0) is 28.9 Å². The maximum Gasteiger partial charge on any atom is 0.159 e. The maximum atomic E-state index is 10.0. The number of methoxy groups -OCH3 is 1. The number of pyridine rings is 1. The van der Waals surface area contributed by atoms with Crippen molar-refractivity contribution in [3.63, 3.8) is 0 Å². The third-order valence-corrected chi connectivity index (χ3v) is 7.88. The van der Waals surface area contributed by atoms with Crippen molar-refractivity contribution in [3.05, 3.63) is 38.1 Å². The molecule has 3 heterocycles. The Morgan fingerprint density at radius 3 is 2.74 bits per heavy atom. The van der Waals surface area contributed by atoms with Crippen molar-refractivity contribution in [2.24, 2.45) is 0 Å². The fourth-order valence-electron chi connectivity index (χ4n) is 2.73. The highest BCUT2D eigenvalue weighted by Gasteiger charge is 2.30. The van der Waals surface area contributed by atoms with Gasteiger partial charge >= 0.3 is 0 Å². The van der Waals surface area contributed by atoms with Crippen LogP contribution in [0.5, 0.6) is 0 Å². The van der Waals surface area contributed by atoms with Crippen molar-refractivity contribution >= 4 is 62.2 Å². The van der Waals surface area contributed by atoms with E-state index in [2.05, 4.69) is 42.3 Å². The number of hydrogen-bond donors (Lipinski definition) is 2. The number of thioether (sulfide) groups is 1. The number of nitrogens with zero attached hydrogens (tertiary/aromatic N) is 6. The molecule has 2 N–H and O–H groups in total. The minimum Gasteiger partial charge on any atom is -0.394 e. The standard InChI is InChI=1S/C19H19BrCl2N6O4S2/c1-9(30)14(8-29)32-19(33-15-3-10(20)5-24-11(15)4-23)13(31-2)7-28-6-12(26-27-28)18-25-16(21)17(22)34-18/h3,5-6,9,13-14,19,29-30H,7-8H2,1-2H3/t9-,13+,14?,19?/m1/s1. The van der Waals surface area contributed by atoms with Crippen LogP contribution in [-0.2, 0) is 16.0 Å². The first kappa shape index (κ1) is 27.3. The number of thiazole rings is 1. The maximum absolute atomic E-state index is 10.0. The summed E-state index contributed by atoms with van der Waals surface area (Å²) in [6.45, 7) is 1.31. The summed E-state index contributed by atoms with van der Waals surface area (Å²) in [6, 6.07) is 3.79. The predicted molar refractivity (Wildman–Crippen MR) is 132 cm³/mol. The number of ether oxygens (including phenoxy) is 2. The highest BCUT2D eigenvalue weighted by Crippen LogP contribution is 2.34. The van der Waals surface area contributed by atoms with Crippen LogP contribution in [0, 0.1) is 11.3 Å². The van der Waals surface area contributed by atoms with Crippen LogP contribution in [0.15, 0.2) is 27.8 Å². The Balaban J connectivity index is 1.87. The van der Waals surface area contributed by atoms with Crippen molar-refractivity contribution < 1.29 is 19.7 Å². The van der Waals surface area contributed by atoms with Gasteiger partial charge in [0.2, 0.25) is 0 Å². The van der Waals surface area contributed by atoms with Crippen molar-refractivity contribution in [2.45, 2.75) is 42.1 Å². The van der Waals surface area contributed by atoms with E-state index in [1.54, 1.807) is 16.9 Å². The summed E-state index contributed by atoms with van der Waals surface area (Å²) >= 11 is 17.7. The second kappa shape index (κ2) is 12.6. The quantitative estimate of drug-likeness (QED) is 0.245. The zero-order chi connectivity index (χ0) is 24.8. The lowest BCUT2D eigenvalue weighted by molar-refractivity contribution is -0.105. The summed E-state index contributed by atoms with van der Waals surface area (Å²) in [5.74, 6) is 0. The van der Waals surface area contributed by atoms with Gasteiger partial charge in [-0.3, -0.25) is 0 Å². The first-order chi connectivity index (χ1) is 16.2. The Bertz CT molecular complexity index is 1140. The smallest absolute Gasteiger partial charge is 0.159 e. The van der Waals surface area contributed by atoms with E-state index >= 15 is 0 Å². The second-order valence-corrected chi connectivity index (χ2v) is 10.9. The third-order valence-electron chi connectivity index (χ3n) is 4.47. The Morgan fingerprint density at radius 2 is 2.15 bits per heavy atom. The third kappa shape index (κ3) is 6.87. The number of aliphatic hydroxyl groups is 2. The van der Waals surface area contributed by atoms with Crippen LogP contribution in [0.3, 0.4) is 0 Å². The fraction of sp³-hybridized carbons (Fsp3) is 0.421. The molecule has 0 amide bonds. The number of aliphatic hydroxyl groups excluding tert-OH is 2. The molecular formula is C19H19BrCl2N6O4S2. The molecule has 0 saturated heterocycles. The number of halogens is 3. The van der Waals surface area contributed by atoms with E-state index in [4.69, 9.17) is 32.7 Å². The Morgan fingerprint density at radius 1 is 1.38 bits per heavy atom. The number of hydrogen-bond acceptors (Lipinski definition) is 11. The minimum atomic E-state index is -0.945. The van der Waals surface area contributed by atoms with Crippen molar-refractivity contribution in [3.8, 4) is 16.8 Å². The van der Waals surface area contributed by atoms with E-state index in [0.717, 1.165) is 0 Å². The molecule has 0 aromatic carbocycles. The van der Waals surface area contributed by atoms with Crippen molar-refractivity contribution in [1.82, 2.24) is 25.0 Å². The van der Waals surface area contributed by atoms with Gasteiger partial charge in [0.25, 0.3) is 0 Å². The first-order valence-corrected chi connectivity index (χ1v) is 12.9. The molecule has 0 aliphatic heterocycles. The minimum absolute atomic E-state index is 0.194. The Hall–Kier alpha value is -1.34. The van der Waals surface area contributed by atoms with Gasteiger partial charge in [0.15, 0.2) is 10.8 Å². The van der Waals surface area contributed by atoms with Crippen molar-refractivity contribution in [2.75, 3.05) is 13.7 Å². The number of nitriles is 1. The van der Waals surface area contributed by atoms with Crippen LogP contribution in [-0.4, -0.2) is 72.6 Å². The SMILES string of the molecule is CO[C@@H](Cn1cc(-c2nc(Cl)c(Cl)s2)nn1)C(OC(CO)[C@@H](C)O)Sc1cc(Br)cnc1C#N. The molecule has 0 aliphatic carbocycles. The average Bonchev–Trinajstić information content (AvgIpc) is 3.41. The number of aromatic nitrogens is 5. The first-order valence-electron chi connectivity index (χ1n) is 9.67. The van der Waals surface area contributed by atoms with Gasteiger partial charge in [-0.15, -0.1) is 5.10 Å². The zero-order valence-corrected chi connectivity index (χ0v) is 22.5. The molecule has 3 aromatic heterocycles. The van der Waals surface area contributed by atoms with Gasteiger partial charge in [0, 0.05) is 22.7 Å². The Labute approximate surface area is 222 Å². The molecule has 0 bridgehead atoms. The summed E-state index contributed by atoms with van der Waals surface area (Å²) < 4.78 is 14.3. The van der Waals surface area contributed by atoms with E-state index in [1.165, 1.54) is 43.3 Å². The zero-order valence-electron chi connectivity index (χ0n) is 17.8. The molecule has 4 atom stereocenters. The van der Waals surface area contributed by atoms with E-state index < -0.39 is 30.4 Å². The lowest BCUT2D eigenvalue weighted by atomic mass is 10.2. The highest BCUT2D eigenvalue weighted by atomic mass is 79.9. The molecule has 34 heavy (non-hydrogen) atoms. The summed E-state index contributed by atoms with van der Waals surface area (Å²) in [6.07, 6.45) is 0.734. The predicted octanol–water partition coefficient (Wildman–Crippen LogP) is 3.63. The summed E-state index contributed by atoms with van der Waals surface area (Å²) in [7, 11) is 1.50. The van der Waals surface area contributed by atoms with E-state index in [0.29, 0.717) is 24.4 Å². The lowest BCUT2D eigenvalue weighted by Gasteiger charge is -2.30. The summed E-state index contributed by atoms with van der Waals surface area (Å²) in [4.78, 5) is 8.82. The van der Waals surface area contributed by atoms with Gasteiger partial charge in [-0.25, -0.2) is 14.6 Å². The fourth-order valence-corrected chi connectivity index (χ4v) is 5.56. The van der Waals surface area contributed by atoms with E-state index in [1.807, 2.05) is 0 Å². The van der Waals surface area contributed by atoms with E-state index in [9.17, 15) is 15.5 Å². The molecule has 182 valence electrons. The van der Waals surface area contributed by atoms with Gasteiger partial charge in [-0.1, -0.05) is 51.5 Å². The van der Waals surface area contributed by atoms with Gasteiger partial charge in [0.1, 0.15) is 38.8 Å². The molecule has 3 rings (SSSR count). The monoisotopic (exact) mass is 608 g/mol. The summed E-state index contributed by atoms with van der Waals surface area (Å²) in [5, 5.41) is 38.1. The van der Waals surface area contributed by atoms with E-state index in [-0.39, 0.29) is 17.4 Å². The molecular weight excluding hydrogens is 591 g/mol. The normalized spacial score (nSPS) is 15.0. The highest BCUT2D eigenvalue weighted by molar-refractivity contribution is 9.10. The largest absolute Gasteiger partial charge is 0.394 e. The molecule has 0 fully saturated rings. The molecule has 2 unspecified atom stereocenters. The van der Waals surface area contributed by atoms with Crippen LogP contribution in [0.25, 0.3) is 10.7 Å². The van der Waals surface area contributed by atoms with Gasteiger partial charge in [-0.2, -0.15) is 5.26 Å². The number of rotatable bonds is 11. The van der Waals surface area contributed by atoms with Gasteiger partial charge in [0.05, 0.1) is 25.5 Å². The van der Waals surface area contributed by atoms with Crippen LogP contribution >= 0.6 is 62.2 Å². The summed E-state index contributed by atoms with van der Waals surface area (Å²) in [5.41, 5.74) is -0.0647. The molecule has 0 aliphatic rings. The average molecular weight is 610 g/mol. The molecule has 15 heteroatoms. The molecule has 3 aromatic rings.